The van der Waals surface area contributed by atoms with Gasteiger partial charge in [-0.05, 0) is 0 Å². The molecule has 5 nitrogen and oxygen atoms in total. The molecule has 0 heterocycles. The van der Waals surface area contributed by atoms with Crippen LogP contribution in [0.1, 0.15) is 35.3 Å². The Hall–Kier alpha value is -1.13. The minimum Gasteiger partial charge on any atom is -0.469 e. The normalized spacial score (nSPS) is 22.3. The van der Waals surface area contributed by atoms with Crippen molar-refractivity contribution in [1.29, 1.82) is 0 Å². The van der Waals surface area contributed by atoms with Gasteiger partial charge in [-0.25, -0.2) is 0 Å². The quantitative estimate of drug-likeness (QED) is 0.384. The summed E-state index contributed by atoms with van der Waals surface area (Å²) in [4.78, 5) is 21.6. The van der Waals surface area contributed by atoms with Gasteiger partial charge in [0.15, 0.2) is 0 Å². The van der Waals surface area contributed by atoms with Crippen LogP contribution in [0.5, 0.6) is 0 Å². The molecule has 0 spiro atoms. The largest absolute Gasteiger partial charge is 0.469 e. The average Bonchev–Trinajstić information content (AvgIpc) is 2.09. The summed E-state index contributed by atoms with van der Waals surface area (Å²) in [5.41, 5.74) is -1.69. The van der Waals surface area contributed by atoms with Crippen molar-refractivity contribution >= 4 is 5.97 Å². The predicted molar refractivity (Wildman–Crippen MR) is 46.9 cm³/mol. The molecule has 0 N–H and O–H groups in total. The molecule has 0 radical (unpaired) electrons. The molecule has 0 aromatic rings. The molecule has 0 aliphatic carbocycles. The summed E-state index contributed by atoms with van der Waals surface area (Å²) in [6, 6.07) is 0. The van der Waals surface area contributed by atoms with Crippen molar-refractivity contribution in [2.45, 2.75) is 32.7 Å². The summed E-state index contributed by atoms with van der Waals surface area (Å²) in [6.45, 7) is -0.585. The van der Waals surface area contributed by atoms with E-state index < -0.39 is 42.7 Å². The van der Waals surface area contributed by atoms with Gasteiger partial charge >= 0.3 is 5.97 Å². The molecule has 1 atom stereocenters. The van der Waals surface area contributed by atoms with Crippen molar-refractivity contribution in [2.24, 2.45) is 5.92 Å². The number of rotatable bonds is 4. The Labute approximate surface area is 85.7 Å². The fourth-order valence-corrected chi connectivity index (χ4v) is 0.729. The highest BCUT2D eigenvalue weighted by molar-refractivity contribution is 5.71. The average molecular weight is 195 g/mol. The molecule has 0 aliphatic heterocycles. The molecule has 0 saturated heterocycles. The standard InChI is InChI=1S/C8H15NO4/c1-6(7(10)13-4)5-8(2,3)9(11)12/h6H,5H2,1-4H3/i1D3,4D3. The summed E-state index contributed by atoms with van der Waals surface area (Å²) in [6.07, 6.45) is -0.647. The first-order valence-corrected chi connectivity index (χ1v) is 3.54. The second kappa shape index (κ2) is 4.20. The maximum absolute atomic E-state index is 11.5. The molecule has 0 fully saturated rings. The van der Waals surface area contributed by atoms with Crippen LogP contribution in [0.15, 0.2) is 0 Å². The van der Waals surface area contributed by atoms with Crippen molar-refractivity contribution in [1.82, 2.24) is 0 Å². The second-order valence-electron chi connectivity index (χ2n) is 3.25. The molecule has 0 bridgehead atoms. The summed E-state index contributed by atoms with van der Waals surface area (Å²) in [5.74, 6) is -3.36. The van der Waals surface area contributed by atoms with Gasteiger partial charge in [0, 0.05) is 29.3 Å². The van der Waals surface area contributed by atoms with E-state index in [1.807, 2.05) is 0 Å². The molecule has 0 aromatic heterocycles. The van der Waals surface area contributed by atoms with E-state index in [4.69, 9.17) is 8.22 Å². The molecular weight excluding hydrogens is 174 g/mol. The molecule has 0 rings (SSSR count). The first kappa shape index (κ1) is 4.93. The zero-order chi connectivity index (χ0) is 15.6. The number of hydrogen-bond donors (Lipinski definition) is 0. The number of esters is 1. The maximum atomic E-state index is 11.5. The molecule has 13 heavy (non-hydrogen) atoms. The molecule has 76 valence electrons. The van der Waals surface area contributed by atoms with Crippen LogP contribution in [0.2, 0.25) is 0 Å². The number of nitrogens with zero attached hydrogens (tertiary/aromatic N) is 1. The van der Waals surface area contributed by atoms with E-state index in [-0.39, 0.29) is 0 Å². The Morgan fingerprint density at radius 3 is 2.77 bits per heavy atom. The lowest BCUT2D eigenvalue weighted by Gasteiger charge is -2.18. The van der Waals surface area contributed by atoms with Gasteiger partial charge in [-0.1, -0.05) is 6.85 Å². The SMILES string of the molecule is [2H]C([2H])([2H])OC(=O)C(CC(C)(C)[N+](=O)[O-])C([2H])([2H])[2H]. The van der Waals surface area contributed by atoms with E-state index in [1.165, 1.54) is 0 Å². The number of ether oxygens (including phenoxy) is 1. The van der Waals surface area contributed by atoms with Crippen molar-refractivity contribution in [2.75, 3.05) is 7.04 Å². The van der Waals surface area contributed by atoms with Gasteiger partial charge in [0.05, 0.1) is 17.1 Å². The van der Waals surface area contributed by atoms with Gasteiger partial charge in [-0.3, -0.25) is 14.9 Å². The monoisotopic (exact) mass is 195 g/mol. The van der Waals surface area contributed by atoms with Crippen LogP contribution in [-0.4, -0.2) is 23.5 Å². The van der Waals surface area contributed by atoms with Crippen molar-refractivity contribution in [3.8, 4) is 0 Å². The summed E-state index contributed by atoms with van der Waals surface area (Å²) in [5, 5.41) is 10.7. The number of carbonyl (C=O) groups is 1. The Kier molecular flexibility index (Phi) is 1.59. The van der Waals surface area contributed by atoms with Crippen molar-refractivity contribution < 1.29 is 22.7 Å². The molecule has 0 saturated carbocycles. The Balaban J connectivity index is 5.16. The van der Waals surface area contributed by atoms with Crippen molar-refractivity contribution in [3.05, 3.63) is 10.1 Å². The fraction of sp³-hybridized carbons (Fsp3) is 0.875. The molecule has 0 aliphatic rings. The van der Waals surface area contributed by atoms with E-state index in [2.05, 4.69) is 4.74 Å². The third-order valence-corrected chi connectivity index (χ3v) is 1.58. The highest BCUT2D eigenvalue weighted by atomic mass is 16.6. The first-order valence-electron chi connectivity index (χ1n) is 6.54. The summed E-state index contributed by atoms with van der Waals surface area (Å²) >= 11 is 0. The van der Waals surface area contributed by atoms with Crippen LogP contribution >= 0.6 is 0 Å². The van der Waals surface area contributed by atoms with Crippen LogP contribution in [0.3, 0.4) is 0 Å². The molecule has 0 amide bonds. The van der Waals surface area contributed by atoms with Gasteiger partial charge in [0.25, 0.3) is 0 Å². The van der Waals surface area contributed by atoms with E-state index in [9.17, 15) is 14.9 Å². The zero-order valence-electron chi connectivity index (χ0n) is 13.4. The number of carbonyl (C=O) groups excluding carboxylic acids is 1. The number of hydrogen-bond acceptors (Lipinski definition) is 4. The van der Waals surface area contributed by atoms with Crippen LogP contribution in [0.4, 0.5) is 0 Å². The van der Waals surface area contributed by atoms with Gasteiger partial charge in [-0.2, -0.15) is 0 Å². The van der Waals surface area contributed by atoms with Crippen LogP contribution in [0, 0.1) is 16.0 Å². The van der Waals surface area contributed by atoms with Crippen LogP contribution in [-0.2, 0) is 9.53 Å². The Bertz CT molecular complexity index is 361. The second-order valence-corrected chi connectivity index (χ2v) is 3.25. The lowest BCUT2D eigenvalue weighted by molar-refractivity contribution is -0.562. The first-order chi connectivity index (χ1) is 8.17. The smallest absolute Gasteiger partial charge is 0.308 e. The van der Waals surface area contributed by atoms with Crippen LogP contribution in [0.25, 0.3) is 0 Å². The Morgan fingerprint density at radius 2 is 2.38 bits per heavy atom. The van der Waals surface area contributed by atoms with Gasteiger partial charge in [-0.15, -0.1) is 0 Å². The summed E-state index contributed by atoms with van der Waals surface area (Å²) in [7, 11) is -3.08. The lowest BCUT2D eigenvalue weighted by Crippen LogP contribution is -2.35. The third-order valence-electron chi connectivity index (χ3n) is 1.58. The highest BCUT2D eigenvalue weighted by Crippen LogP contribution is 2.20. The zero-order valence-corrected chi connectivity index (χ0v) is 7.36. The fourth-order valence-electron chi connectivity index (χ4n) is 0.729. The summed E-state index contributed by atoms with van der Waals surface area (Å²) < 4.78 is 45.8. The molecular formula is C8H15NO4. The van der Waals surface area contributed by atoms with E-state index >= 15 is 0 Å². The van der Waals surface area contributed by atoms with E-state index in [0.717, 1.165) is 13.8 Å². The minimum atomic E-state index is -3.08. The topological polar surface area (TPSA) is 69.4 Å². The number of methoxy groups -OCH3 is 1. The van der Waals surface area contributed by atoms with Gasteiger partial charge in [0.2, 0.25) is 5.54 Å². The van der Waals surface area contributed by atoms with Gasteiger partial charge < -0.3 is 4.74 Å². The van der Waals surface area contributed by atoms with Crippen molar-refractivity contribution in [3.63, 3.8) is 0 Å². The lowest BCUT2D eigenvalue weighted by atomic mass is 9.92. The Morgan fingerprint density at radius 1 is 1.77 bits per heavy atom. The van der Waals surface area contributed by atoms with E-state index in [0.29, 0.717) is 0 Å². The maximum Gasteiger partial charge on any atom is 0.308 e. The highest BCUT2D eigenvalue weighted by Gasteiger charge is 2.35. The van der Waals surface area contributed by atoms with E-state index in [1.54, 1.807) is 0 Å². The molecule has 0 aromatic carbocycles. The van der Waals surface area contributed by atoms with Crippen LogP contribution < -0.4 is 0 Å². The van der Waals surface area contributed by atoms with Gasteiger partial charge in [0.1, 0.15) is 0 Å². The molecule has 5 heteroatoms. The predicted octanol–water partition coefficient (Wildman–Crippen LogP) is 1.24. The minimum absolute atomic E-state index is 0.647. The molecule has 1 unspecified atom stereocenters. The third kappa shape index (κ3) is 3.40. The number of nitro groups is 1.